The van der Waals surface area contributed by atoms with E-state index >= 15 is 0 Å². The monoisotopic (exact) mass is 436 g/mol. The summed E-state index contributed by atoms with van der Waals surface area (Å²) < 4.78 is 11.1. The SMILES string of the molecule is CNC(=O)Nc1ccc(-c2nc(N3CCOCC3)nc3c2C=NC3C2CCOCC2)cc1. The number of nitrogens with zero attached hydrogens (tertiary/aromatic N) is 4. The Kier molecular flexibility index (Phi) is 6.00. The molecule has 0 aliphatic carbocycles. The van der Waals surface area contributed by atoms with Crippen molar-refractivity contribution in [3.63, 3.8) is 0 Å². The van der Waals surface area contributed by atoms with E-state index in [1.807, 2.05) is 30.5 Å². The van der Waals surface area contributed by atoms with Gasteiger partial charge in [0, 0.05) is 56.4 Å². The highest BCUT2D eigenvalue weighted by Gasteiger charge is 2.33. The Labute approximate surface area is 187 Å². The van der Waals surface area contributed by atoms with Gasteiger partial charge in [-0.05, 0) is 30.9 Å². The molecule has 0 radical (unpaired) electrons. The van der Waals surface area contributed by atoms with Crippen molar-refractivity contribution in [2.45, 2.75) is 18.9 Å². The highest BCUT2D eigenvalue weighted by atomic mass is 16.5. The number of anilines is 2. The van der Waals surface area contributed by atoms with E-state index in [1.54, 1.807) is 7.05 Å². The minimum Gasteiger partial charge on any atom is -0.381 e. The summed E-state index contributed by atoms with van der Waals surface area (Å²) >= 11 is 0. The molecular formula is C23H28N6O3. The summed E-state index contributed by atoms with van der Waals surface area (Å²) in [5, 5.41) is 5.35. The van der Waals surface area contributed by atoms with Gasteiger partial charge in [0.15, 0.2) is 0 Å². The number of benzene rings is 1. The van der Waals surface area contributed by atoms with Crippen LogP contribution in [-0.2, 0) is 9.47 Å². The number of rotatable bonds is 4. The van der Waals surface area contributed by atoms with Crippen LogP contribution in [0, 0.1) is 5.92 Å². The molecular weight excluding hydrogens is 408 g/mol. The first kappa shape index (κ1) is 20.8. The molecule has 168 valence electrons. The lowest BCUT2D eigenvalue weighted by Crippen LogP contribution is -2.37. The Balaban J connectivity index is 1.52. The molecule has 32 heavy (non-hydrogen) atoms. The highest BCUT2D eigenvalue weighted by Crippen LogP contribution is 2.40. The lowest BCUT2D eigenvalue weighted by molar-refractivity contribution is 0.0586. The number of morpholine rings is 1. The Morgan fingerprint density at radius 3 is 2.47 bits per heavy atom. The number of carbonyl (C=O) groups excluding carboxylic acids is 1. The van der Waals surface area contributed by atoms with Crippen molar-refractivity contribution < 1.29 is 14.3 Å². The van der Waals surface area contributed by atoms with Crippen LogP contribution in [0.25, 0.3) is 11.3 Å². The Morgan fingerprint density at radius 1 is 1.03 bits per heavy atom. The smallest absolute Gasteiger partial charge is 0.318 e. The summed E-state index contributed by atoms with van der Waals surface area (Å²) in [7, 11) is 1.59. The van der Waals surface area contributed by atoms with E-state index in [9.17, 15) is 4.79 Å². The predicted octanol–water partition coefficient (Wildman–Crippen LogP) is 2.63. The average molecular weight is 437 g/mol. The standard InChI is InChI=1S/C23H28N6O3/c1-24-23(30)26-17-4-2-15(3-5-17)19-18-14-25-20(16-6-10-31-11-7-16)21(18)28-22(27-19)29-8-12-32-13-9-29/h2-5,14,16,20H,6-13H2,1H3,(H2,24,26,30). The number of hydrogen-bond acceptors (Lipinski definition) is 7. The van der Waals surface area contributed by atoms with Gasteiger partial charge < -0.3 is 25.0 Å². The number of aromatic nitrogens is 2. The molecule has 5 rings (SSSR count). The third-order valence-corrected chi connectivity index (χ3v) is 6.26. The zero-order valence-corrected chi connectivity index (χ0v) is 18.2. The molecule has 3 aliphatic rings. The fourth-order valence-corrected chi connectivity index (χ4v) is 4.46. The second kappa shape index (κ2) is 9.22. The number of hydrogen-bond donors (Lipinski definition) is 2. The van der Waals surface area contributed by atoms with Crippen molar-refractivity contribution in [1.82, 2.24) is 15.3 Å². The molecule has 2 fully saturated rings. The number of fused-ring (bicyclic) bond motifs is 1. The second-order valence-corrected chi connectivity index (χ2v) is 8.22. The van der Waals surface area contributed by atoms with Gasteiger partial charge >= 0.3 is 6.03 Å². The molecule has 1 atom stereocenters. The third kappa shape index (κ3) is 4.18. The molecule has 2 aromatic rings. The summed E-state index contributed by atoms with van der Waals surface area (Å²) in [6.45, 7) is 4.46. The average Bonchev–Trinajstić information content (AvgIpc) is 3.29. The fourth-order valence-electron chi connectivity index (χ4n) is 4.46. The number of aliphatic imine (C=N–C) groups is 1. The van der Waals surface area contributed by atoms with E-state index in [4.69, 9.17) is 24.4 Å². The summed E-state index contributed by atoms with van der Waals surface area (Å²) in [5.41, 5.74) is 4.57. The van der Waals surface area contributed by atoms with Crippen LogP contribution in [0.4, 0.5) is 16.4 Å². The zero-order chi connectivity index (χ0) is 21.9. The van der Waals surface area contributed by atoms with Gasteiger partial charge in [0.25, 0.3) is 0 Å². The van der Waals surface area contributed by atoms with Gasteiger partial charge in [0.1, 0.15) is 0 Å². The molecule has 1 unspecified atom stereocenters. The Hall–Kier alpha value is -3.04. The van der Waals surface area contributed by atoms with Gasteiger partial charge in [0.2, 0.25) is 5.95 Å². The van der Waals surface area contributed by atoms with Crippen molar-refractivity contribution >= 4 is 23.9 Å². The van der Waals surface area contributed by atoms with Crippen LogP contribution in [0.2, 0.25) is 0 Å². The first-order chi connectivity index (χ1) is 15.7. The van der Waals surface area contributed by atoms with E-state index in [-0.39, 0.29) is 12.1 Å². The molecule has 0 spiro atoms. The van der Waals surface area contributed by atoms with Crippen molar-refractivity contribution in [1.29, 1.82) is 0 Å². The van der Waals surface area contributed by atoms with Gasteiger partial charge in [-0.3, -0.25) is 4.99 Å². The normalized spacial score (nSPS) is 20.8. The van der Waals surface area contributed by atoms with Crippen molar-refractivity contribution in [2.75, 3.05) is 56.8 Å². The van der Waals surface area contributed by atoms with Crippen LogP contribution in [-0.4, -0.2) is 68.8 Å². The molecule has 4 heterocycles. The van der Waals surface area contributed by atoms with Crippen LogP contribution in [0.3, 0.4) is 0 Å². The highest BCUT2D eigenvalue weighted by molar-refractivity contribution is 5.94. The maximum absolute atomic E-state index is 11.6. The minimum atomic E-state index is -0.248. The van der Waals surface area contributed by atoms with Crippen LogP contribution in [0.1, 0.15) is 30.1 Å². The summed E-state index contributed by atoms with van der Waals surface area (Å²) in [5.74, 6) is 1.16. The van der Waals surface area contributed by atoms with Gasteiger partial charge in [-0.25, -0.2) is 14.8 Å². The molecule has 1 aromatic carbocycles. The number of carbonyl (C=O) groups is 1. The number of ether oxygens (including phenoxy) is 2. The molecule has 9 heteroatoms. The van der Waals surface area contributed by atoms with E-state index in [0.717, 1.165) is 73.3 Å². The third-order valence-electron chi connectivity index (χ3n) is 6.26. The number of nitrogens with one attached hydrogen (secondary N) is 2. The molecule has 2 amide bonds. The zero-order valence-electron chi connectivity index (χ0n) is 18.2. The Morgan fingerprint density at radius 2 is 1.75 bits per heavy atom. The van der Waals surface area contributed by atoms with Crippen LogP contribution in [0.15, 0.2) is 29.3 Å². The minimum absolute atomic E-state index is 0.0460. The van der Waals surface area contributed by atoms with E-state index < -0.39 is 0 Å². The van der Waals surface area contributed by atoms with Crippen molar-refractivity contribution in [3.05, 3.63) is 35.5 Å². The maximum Gasteiger partial charge on any atom is 0.318 e. The molecule has 1 aromatic heterocycles. The van der Waals surface area contributed by atoms with Gasteiger partial charge in [-0.1, -0.05) is 12.1 Å². The first-order valence-corrected chi connectivity index (χ1v) is 11.2. The van der Waals surface area contributed by atoms with E-state index in [2.05, 4.69) is 15.5 Å². The van der Waals surface area contributed by atoms with E-state index in [1.165, 1.54) is 0 Å². The topological polar surface area (TPSA) is 101 Å². The first-order valence-electron chi connectivity index (χ1n) is 11.2. The van der Waals surface area contributed by atoms with Crippen molar-refractivity contribution in [3.8, 4) is 11.3 Å². The molecule has 2 saturated heterocycles. The number of amides is 2. The van der Waals surface area contributed by atoms with E-state index in [0.29, 0.717) is 19.1 Å². The summed E-state index contributed by atoms with van der Waals surface area (Å²) in [6.07, 6.45) is 3.92. The lowest BCUT2D eigenvalue weighted by Gasteiger charge is -2.29. The van der Waals surface area contributed by atoms with Gasteiger partial charge in [0.05, 0.1) is 30.6 Å². The van der Waals surface area contributed by atoms with Crippen molar-refractivity contribution in [2.24, 2.45) is 10.9 Å². The fraction of sp³-hybridized carbons (Fsp3) is 0.478. The van der Waals surface area contributed by atoms with Crippen LogP contribution >= 0.6 is 0 Å². The Bertz CT molecular complexity index is 998. The largest absolute Gasteiger partial charge is 0.381 e. The summed E-state index contributed by atoms with van der Waals surface area (Å²) in [4.78, 5) is 28.7. The molecule has 0 bridgehead atoms. The van der Waals surface area contributed by atoms with Crippen LogP contribution in [0.5, 0.6) is 0 Å². The second-order valence-electron chi connectivity index (χ2n) is 8.22. The number of urea groups is 1. The van der Waals surface area contributed by atoms with Gasteiger partial charge in [-0.2, -0.15) is 0 Å². The predicted molar refractivity (Wildman–Crippen MR) is 122 cm³/mol. The summed E-state index contributed by atoms with van der Waals surface area (Å²) in [6, 6.07) is 7.52. The quantitative estimate of drug-likeness (QED) is 0.764. The molecule has 2 N–H and O–H groups in total. The molecule has 0 saturated carbocycles. The maximum atomic E-state index is 11.6. The molecule has 3 aliphatic heterocycles. The van der Waals surface area contributed by atoms with Crippen LogP contribution < -0.4 is 15.5 Å². The lowest BCUT2D eigenvalue weighted by atomic mass is 9.89. The molecule has 9 nitrogen and oxygen atoms in total. The van der Waals surface area contributed by atoms with Gasteiger partial charge in [-0.15, -0.1) is 0 Å².